The zero-order valence-electron chi connectivity index (χ0n) is 18.2. The van der Waals surface area contributed by atoms with E-state index in [1.54, 1.807) is 6.92 Å². The van der Waals surface area contributed by atoms with Crippen molar-refractivity contribution in [3.63, 3.8) is 0 Å². The van der Waals surface area contributed by atoms with Gasteiger partial charge in [-0.25, -0.2) is 14.8 Å². The predicted octanol–water partition coefficient (Wildman–Crippen LogP) is 0.850. The van der Waals surface area contributed by atoms with E-state index in [0.717, 1.165) is 0 Å². The molecule has 1 aliphatic heterocycles. The average molecular weight is 449 g/mol. The number of ether oxygens (including phenoxy) is 5. The largest absolute Gasteiger partial charge is 0.465 e. The minimum Gasteiger partial charge on any atom is -0.465 e. The number of pyridine rings is 1. The summed E-state index contributed by atoms with van der Waals surface area (Å²) < 4.78 is 28.1. The molecule has 0 aliphatic carbocycles. The van der Waals surface area contributed by atoms with E-state index >= 15 is 0 Å². The van der Waals surface area contributed by atoms with Crippen molar-refractivity contribution in [1.82, 2.24) is 14.5 Å². The van der Waals surface area contributed by atoms with Crippen molar-refractivity contribution in [2.45, 2.75) is 52.2 Å². The van der Waals surface area contributed by atoms with Gasteiger partial charge in [-0.15, -0.1) is 0 Å². The lowest BCUT2D eigenvalue weighted by Crippen LogP contribution is -2.40. The van der Waals surface area contributed by atoms with Gasteiger partial charge >= 0.3 is 23.9 Å². The Morgan fingerprint density at radius 1 is 1.06 bits per heavy atom. The second kappa shape index (κ2) is 9.30. The van der Waals surface area contributed by atoms with E-state index in [2.05, 4.69) is 9.97 Å². The molecule has 3 rings (SSSR count). The van der Waals surface area contributed by atoms with Gasteiger partial charge in [0.2, 0.25) is 0 Å². The van der Waals surface area contributed by atoms with Crippen LogP contribution < -0.4 is 0 Å². The number of nitrogens with zero attached hydrogens (tertiary/aromatic N) is 3. The Morgan fingerprint density at radius 3 is 2.31 bits per heavy atom. The van der Waals surface area contributed by atoms with Gasteiger partial charge in [-0.3, -0.25) is 19.0 Å². The van der Waals surface area contributed by atoms with Crippen LogP contribution in [0, 0.1) is 6.92 Å². The molecule has 2 aromatic heterocycles. The lowest BCUT2D eigenvalue weighted by Gasteiger charge is -2.23. The minimum atomic E-state index is -1.10. The molecule has 12 nitrogen and oxygen atoms in total. The van der Waals surface area contributed by atoms with Crippen molar-refractivity contribution in [1.29, 1.82) is 0 Å². The zero-order valence-corrected chi connectivity index (χ0v) is 18.2. The Morgan fingerprint density at radius 2 is 1.72 bits per heavy atom. The molecule has 0 N–H and O–H groups in total. The van der Waals surface area contributed by atoms with Crippen molar-refractivity contribution in [2.75, 3.05) is 13.7 Å². The molecule has 1 aliphatic rings. The second-order valence-electron chi connectivity index (χ2n) is 7.14. The smallest absolute Gasteiger partial charge is 0.340 e. The molecule has 0 radical (unpaired) electrons. The number of aromatic nitrogens is 3. The Bertz CT molecular complexity index is 1060. The fraction of sp³-hybridized carbons (Fsp3) is 0.500. The first-order valence-corrected chi connectivity index (χ1v) is 9.68. The third kappa shape index (κ3) is 4.69. The van der Waals surface area contributed by atoms with Crippen LogP contribution in [0.1, 0.15) is 43.1 Å². The zero-order chi connectivity index (χ0) is 23.6. The van der Waals surface area contributed by atoms with E-state index in [0.29, 0.717) is 5.69 Å². The average Bonchev–Trinajstić information content (AvgIpc) is 3.26. The minimum absolute atomic E-state index is 0.198. The fourth-order valence-corrected chi connectivity index (χ4v) is 3.50. The summed E-state index contributed by atoms with van der Waals surface area (Å²) in [5.74, 6) is -2.43. The monoisotopic (exact) mass is 449 g/mol. The maximum absolute atomic E-state index is 12.2. The fourth-order valence-electron chi connectivity index (χ4n) is 3.50. The van der Waals surface area contributed by atoms with Crippen molar-refractivity contribution in [2.24, 2.45) is 0 Å². The molecule has 4 atom stereocenters. The van der Waals surface area contributed by atoms with Gasteiger partial charge in [0.15, 0.2) is 24.1 Å². The molecular formula is C20H23N3O9. The quantitative estimate of drug-likeness (QED) is 0.457. The predicted molar refractivity (Wildman–Crippen MR) is 105 cm³/mol. The molecule has 12 heteroatoms. The van der Waals surface area contributed by atoms with Crippen LogP contribution in [-0.4, -0.2) is 70.4 Å². The van der Waals surface area contributed by atoms with Crippen LogP contribution in [0.4, 0.5) is 0 Å². The molecule has 1 fully saturated rings. The summed E-state index contributed by atoms with van der Waals surface area (Å²) in [6, 6.07) is 1.54. The van der Waals surface area contributed by atoms with E-state index in [-0.39, 0.29) is 23.3 Å². The van der Waals surface area contributed by atoms with Crippen LogP contribution >= 0.6 is 0 Å². The molecule has 0 unspecified atom stereocenters. The first kappa shape index (κ1) is 23.1. The van der Waals surface area contributed by atoms with Gasteiger partial charge in [-0.2, -0.15) is 0 Å². The standard InChI is InChI=1S/C20H23N3O9/c1-9-6-13(20(27)28-5)15-18(22-9)23(8-21-15)19-17(31-12(4)26)16(30-11(3)25)14(32-19)7-29-10(2)24/h6,8,14,16-17,19H,7H2,1-5H3/t14-,16-,17-,19-/m1/s1. The summed E-state index contributed by atoms with van der Waals surface area (Å²) in [6.45, 7) is 5.06. The van der Waals surface area contributed by atoms with Gasteiger partial charge in [0.05, 0.1) is 19.0 Å². The van der Waals surface area contributed by atoms with E-state index in [9.17, 15) is 19.2 Å². The number of rotatable bonds is 6. The van der Waals surface area contributed by atoms with Gasteiger partial charge in [-0.05, 0) is 13.0 Å². The number of carbonyl (C=O) groups excluding carboxylic acids is 4. The Balaban J connectivity index is 2.09. The number of hydrogen-bond acceptors (Lipinski definition) is 11. The maximum Gasteiger partial charge on any atom is 0.340 e. The number of esters is 4. The molecule has 1 saturated heterocycles. The summed E-state index contributed by atoms with van der Waals surface area (Å²) >= 11 is 0. The highest BCUT2D eigenvalue weighted by atomic mass is 16.7. The molecule has 0 amide bonds. The molecule has 0 saturated carbocycles. The van der Waals surface area contributed by atoms with Crippen molar-refractivity contribution in [3.05, 3.63) is 23.7 Å². The van der Waals surface area contributed by atoms with Gasteiger partial charge in [0.1, 0.15) is 18.2 Å². The Hall–Kier alpha value is -3.54. The van der Waals surface area contributed by atoms with Crippen molar-refractivity contribution >= 4 is 35.0 Å². The summed E-state index contributed by atoms with van der Waals surface area (Å²) in [4.78, 5) is 55.7. The molecule has 0 spiro atoms. The van der Waals surface area contributed by atoms with Crippen molar-refractivity contribution in [3.8, 4) is 0 Å². The van der Waals surface area contributed by atoms with Crippen LogP contribution in [0.25, 0.3) is 11.2 Å². The number of imidazole rings is 1. The second-order valence-corrected chi connectivity index (χ2v) is 7.14. The molecule has 0 aromatic carbocycles. The lowest BCUT2D eigenvalue weighted by molar-refractivity contribution is -0.166. The van der Waals surface area contributed by atoms with Gasteiger partial charge in [0.25, 0.3) is 0 Å². The van der Waals surface area contributed by atoms with E-state index in [1.165, 1.54) is 44.8 Å². The molecule has 0 bridgehead atoms. The first-order chi connectivity index (χ1) is 15.1. The summed E-state index contributed by atoms with van der Waals surface area (Å²) in [5.41, 5.74) is 1.22. The summed E-state index contributed by atoms with van der Waals surface area (Å²) in [7, 11) is 1.25. The molecule has 3 heterocycles. The topological polar surface area (TPSA) is 145 Å². The highest BCUT2D eigenvalue weighted by molar-refractivity contribution is 6.01. The number of methoxy groups -OCH3 is 1. The number of hydrogen-bond donors (Lipinski definition) is 0. The van der Waals surface area contributed by atoms with Gasteiger partial charge in [-0.1, -0.05) is 0 Å². The van der Waals surface area contributed by atoms with Crippen LogP contribution in [0.2, 0.25) is 0 Å². The number of aryl methyl sites for hydroxylation is 1. The number of fused-ring (bicyclic) bond motifs is 1. The summed E-state index contributed by atoms with van der Waals surface area (Å²) in [6.07, 6.45) is -2.77. The summed E-state index contributed by atoms with van der Waals surface area (Å²) in [5, 5.41) is 0. The van der Waals surface area contributed by atoms with E-state index < -0.39 is 48.4 Å². The Kier molecular flexibility index (Phi) is 6.72. The highest BCUT2D eigenvalue weighted by Crippen LogP contribution is 2.36. The molecular weight excluding hydrogens is 426 g/mol. The van der Waals surface area contributed by atoms with Crippen LogP contribution in [-0.2, 0) is 38.1 Å². The van der Waals surface area contributed by atoms with Crippen molar-refractivity contribution < 1.29 is 42.9 Å². The van der Waals surface area contributed by atoms with Gasteiger partial charge < -0.3 is 23.7 Å². The van der Waals surface area contributed by atoms with Gasteiger partial charge in [0, 0.05) is 26.5 Å². The SMILES string of the molecule is COC(=O)c1cc(C)nc2c1ncn2[C@@H]1O[C@H](COC(C)=O)[C@@H](OC(C)=O)[C@H]1OC(C)=O. The van der Waals surface area contributed by atoms with E-state index in [1.807, 2.05) is 0 Å². The maximum atomic E-state index is 12.2. The van der Waals surface area contributed by atoms with E-state index in [4.69, 9.17) is 23.7 Å². The third-order valence-corrected chi connectivity index (χ3v) is 4.68. The third-order valence-electron chi connectivity index (χ3n) is 4.68. The lowest BCUT2D eigenvalue weighted by atomic mass is 10.1. The number of carbonyl (C=O) groups is 4. The molecule has 172 valence electrons. The molecule has 32 heavy (non-hydrogen) atoms. The Labute approximate surface area is 182 Å². The van der Waals surface area contributed by atoms with Crippen LogP contribution in [0.5, 0.6) is 0 Å². The molecule has 2 aromatic rings. The highest BCUT2D eigenvalue weighted by Gasteiger charge is 2.51. The first-order valence-electron chi connectivity index (χ1n) is 9.68. The van der Waals surface area contributed by atoms with Crippen LogP contribution in [0.15, 0.2) is 12.4 Å². The van der Waals surface area contributed by atoms with Crippen LogP contribution in [0.3, 0.4) is 0 Å². The normalized spacial score (nSPS) is 22.4.